The first-order chi connectivity index (χ1) is 4.97. The molecule has 2 unspecified atom stereocenters. The second-order valence-electron chi connectivity index (χ2n) is 3.80. The van der Waals surface area contributed by atoms with Gasteiger partial charge in [-0.1, -0.05) is 12.8 Å². The fourth-order valence-corrected chi connectivity index (χ4v) is 2.23. The van der Waals surface area contributed by atoms with Crippen molar-refractivity contribution >= 4 is 0 Å². The minimum absolute atomic E-state index is 1.06. The molecule has 2 fully saturated rings. The van der Waals surface area contributed by atoms with E-state index in [1.54, 1.807) is 0 Å². The second-order valence-corrected chi connectivity index (χ2v) is 3.80. The van der Waals surface area contributed by atoms with Gasteiger partial charge >= 0.3 is 0 Å². The summed E-state index contributed by atoms with van der Waals surface area (Å²) in [5.41, 5.74) is 0. The van der Waals surface area contributed by atoms with Gasteiger partial charge in [0.25, 0.3) is 0 Å². The van der Waals surface area contributed by atoms with E-state index in [9.17, 15) is 0 Å². The number of rotatable bonds is 0. The van der Waals surface area contributed by atoms with Gasteiger partial charge in [0.15, 0.2) is 0 Å². The Kier molecular flexibility index (Phi) is 1.94. The van der Waals surface area contributed by atoms with Crippen molar-refractivity contribution in [1.82, 2.24) is 5.32 Å². The van der Waals surface area contributed by atoms with Crippen molar-refractivity contribution in [2.24, 2.45) is 11.8 Å². The van der Waals surface area contributed by atoms with Gasteiger partial charge in [-0.2, -0.15) is 0 Å². The van der Waals surface area contributed by atoms with Gasteiger partial charge in [-0.3, -0.25) is 0 Å². The van der Waals surface area contributed by atoms with Crippen LogP contribution in [0.1, 0.15) is 32.1 Å². The van der Waals surface area contributed by atoms with E-state index in [1.807, 2.05) is 0 Å². The molecule has 1 saturated carbocycles. The maximum atomic E-state index is 3.52. The molecule has 10 heavy (non-hydrogen) atoms. The summed E-state index contributed by atoms with van der Waals surface area (Å²) in [7, 11) is 0. The molecule has 1 N–H and O–H groups in total. The van der Waals surface area contributed by atoms with Crippen molar-refractivity contribution in [2.45, 2.75) is 32.1 Å². The number of hydrogen-bond acceptors (Lipinski definition) is 1. The van der Waals surface area contributed by atoms with Crippen LogP contribution in [0.15, 0.2) is 0 Å². The lowest BCUT2D eigenvalue weighted by molar-refractivity contribution is 0.147. The normalized spacial score (nSPS) is 40.8. The SMILES string of the molecule is C1CCC2CCC2CNC1. The number of hydrogen-bond donors (Lipinski definition) is 1. The molecule has 0 aromatic heterocycles. The van der Waals surface area contributed by atoms with Crippen molar-refractivity contribution in [3.8, 4) is 0 Å². The average molecular weight is 139 g/mol. The molecule has 1 aliphatic heterocycles. The van der Waals surface area contributed by atoms with Crippen LogP contribution in [0.25, 0.3) is 0 Å². The fourth-order valence-electron chi connectivity index (χ4n) is 2.23. The Hall–Kier alpha value is -0.0400. The third-order valence-electron chi connectivity index (χ3n) is 3.16. The maximum absolute atomic E-state index is 3.52. The molecule has 0 spiro atoms. The monoisotopic (exact) mass is 139 g/mol. The summed E-state index contributed by atoms with van der Waals surface area (Å²) in [6, 6.07) is 0. The lowest BCUT2D eigenvalue weighted by Gasteiger charge is -2.38. The van der Waals surface area contributed by atoms with Crippen molar-refractivity contribution < 1.29 is 0 Å². The molecule has 1 heterocycles. The van der Waals surface area contributed by atoms with Crippen LogP contribution >= 0.6 is 0 Å². The molecule has 0 amide bonds. The van der Waals surface area contributed by atoms with E-state index < -0.39 is 0 Å². The first-order valence-electron chi connectivity index (χ1n) is 4.67. The Labute approximate surface area is 63.2 Å². The molecule has 0 aromatic rings. The average Bonchev–Trinajstić information content (AvgIpc) is 1.89. The minimum atomic E-state index is 1.06. The molecule has 2 rings (SSSR count). The molecular formula is C9H17N. The van der Waals surface area contributed by atoms with E-state index >= 15 is 0 Å². The largest absolute Gasteiger partial charge is 0.316 e. The van der Waals surface area contributed by atoms with Gasteiger partial charge in [0.2, 0.25) is 0 Å². The summed E-state index contributed by atoms with van der Waals surface area (Å²) < 4.78 is 0. The van der Waals surface area contributed by atoms with Crippen LogP contribution in [0.5, 0.6) is 0 Å². The van der Waals surface area contributed by atoms with Gasteiger partial charge in [-0.25, -0.2) is 0 Å². The number of nitrogens with one attached hydrogen (secondary N) is 1. The summed E-state index contributed by atoms with van der Waals surface area (Å²) in [6.07, 6.45) is 7.41. The predicted octanol–water partition coefficient (Wildman–Crippen LogP) is 1.79. The highest BCUT2D eigenvalue weighted by Crippen LogP contribution is 2.37. The molecule has 58 valence electrons. The standard InChI is InChI=1S/C9H17N/c1-2-6-10-7-9-5-4-8(9)3-1/h8-10H,1-7H2. The van der Waals surface area contributed by atoms with Crippen molar-refractivity contribution in [3.63, 3.8) is 0 Å². The van der Waals surface area contributed by atoms with Crippen LogP contribution in [0.2, 0.25) is 0 Å². The molecule has 1 saturated heterocycles. The molecule has 0 aromatic carbocycles. The van der Waals surface area contributed by atoms with E-state index in [1.165, 1.54) is 45.2 Å². The van der Waals surface area contributed by atoms with Crippen molar-refractivity contribution in [2.75, 3.05) is 13.1 Å². The van der Waals surface area contributed by atoms with Gasteiger partial charge in [0, 0.05) is 0 Å². The lowest BCUT2D eigenvalue weighted by atomic mass is 9.70. The Bertz CT molecular complexity index is 97.3. The zero-order chi connectivity index (χ0) is 6.81. The summed E-state index contributed by atoms with van der Waals surface area (Å²) in [5, 5.41) is 3.52. The van der Waals surface area contributed by atoms with Gasteiger partial charge in [0.05, 0.1) is 0 Å². The molecule has 1 nitrogen and oxygen atoms in total. The molecule has 2 atom stereocenters. The highest BCUT2D eigenvalue weighted by molar-refractivity contribution is 4.83. The quantitative estimate of drug-likeness (QED) is 0.539. The molecule has 1 heteroatoms. The van der Waals surface area contributed by atoms with Crippen molar-refractivity contribution in [3.05, 3.63) is 0 Å². The van der Waals surface area contributed by atoms with Crippen LogP contribution < -0.4 is 5.32 Å². The first kappa shape index (κ1) is 6.66. The Morgan fingerprint density at radius 1 is 0.900 bits per heavy atom. The van der Waals surface area contributed by atoms with Crippen LogP contribution in [0.3, 0.4) is 0 Å². The number of fused-ring (bicyclic) bond motifs is 1. The van der Waals surface area contributed by atoms with Crippen LogP contribution in [-0.4, -0.2) is 13.1 Å². The molecular weight excluding hydrogens is 122 g/mol. The van der Waals surface area contributed by atoms with E-state index in [0.717, 1.165) is 11.8 Å². The van der Waals surface area contributed by atoms with Crippen molar-refractivity contribution in [1.29, 1.82) is 0 Å². The molecule has 2 aliphatic rings. The van der Waals surface area contributed by atoms with Gasteiger partial charge in [-0.05, 0) is 44.2 Å². The molecule has 1 aliphatic carbocycles. The van der Waals surface area contributed by atoms with E-state index in [-0.39, 0.29) is 0 Å². The van der Waals surface area contributed by atoms with Crippen LogP contribution in [0, 0.1) is 11.8 Å². The minimum Gasteiger partial charge on any atom is -0.316 e. The maximum Gasteiger partial charge on any atom is -0.00179 e. The summed E-state index contributed by atoms with van der Waals surface area (Å²) in [6.45, 7) is 2.58. The summed E-state index contributed by atoms with van der Waals surface area (Å²) >= 11 is 0. The zero-order valence-corrected chi connectivity index (χ0v) is 6.60. The third kappa shape index (κ3) is 1.20. The third-order valence-corrected chi connectivity index (χ3v) is 3.16. The van der Waals surface area contributed by atoms with E-state index in [0.29, 0.717) is 0 Å². The molecule has 0 bridgehead atoms. The topological polar surface area (TPSA) is 12.0 Å². The highest BCUT2D eigenvalue weighted by Gasteiger charge is 2.30. The Morgan fingerprint density at radius 3 is 2.60 bits per heavy atom. The van der Waals surface area contributed by atoms with Gasteiger partial charge < -0.3 is 5.32 Å². The summed E-state index contributed by atoms with van der Waals surface area (Å²) in [4.78, 5) is 0. The van der Waals surface area contributed by atoms with E-state index in [2.05, 4.69) is 5.32 Å². The Morgan fingerprint density at radius 2 is 1.80 bits per heavy atom. The smallest absolute Gasteiger partial charge is 0.00179 e. The van der Waals surface area contributed by atoms with E-state index in [4.69, 9.17) is 0 Å². The van der Waals surface area contributed by atoms with Gasteiger partial charge in [0.1, 0.15) is 0 Å². The molecule has 0 radical (unpaired) electrons. The fraction of sp³-hybridized carbons (Fsp3) is 1.00. The highest BCUT2D eigenvalue weighted by atomic mass is 14.9. The first-order valence-corrected chi connectivity index (χ1v) is 4.67. The van der Waals surface area contributed by atoms with Crippen LogP contribution in [0.4, 0.5) is 0 Å². The predicted molar refractivity (Wildman–Crippen MR) is 42.9 cm³/mol. The summed E-state index contributed by atoms with van der Waals surface area (Å²) in [5.74, 6) is 2.16. The van der Waals surface area contributed by atoms with Crippen LogP contribution in [-0.2, 0) is 0 Å². The van der Waals surface area contributed by atoms with Gasteiger partial charge in [-0.15, -0.1) is 0 Å². The lowest BCUT2D eigenvalue weighted by Crippen LogP contribution is -2.37. The Balaban J connectivity index is 1.83. The zero-order valence-electron chi connectivity index (χ0n) is 6.60. The second kappa shape index (κ2) is 2.91.